The van der Waals surface area contributed by atoms with E-state index in [1.807, 2.05) is 0 Å². The molecule has 2 unspecified atom stereocenters. The molecule has 3 nitrogen and oxygen atoms in total. The molecule has 2 atom stereocenters. The molecule has 0 bridgehead atoms. The maximum Gasteiger partial charge on any atom is 0.0358 e. The average molecular weight is 237 g/mol. The highest BCUT2D eigenvalue weighted by molar-refractivity contribution is 5.02. The topological polar surface area (TPSA) is 32.5 Å². The SMILES string of the molecule is CC1CCCC1(CN)N1CCN(C2CC2)CC1. The summed E-state index contributed by atoms with van der Waals surface area (Å²) in [6, 6.07) is 0.937. The smallest absolute Gasteiger partial charge is 0.0358 e. The Labute approximate surface area is 105 Å². The molecule has 0 amide bonds. The molecule has 2 N–H and O–H groups in total. The summed E-state index contributed by atoms with van der Waals surface area (Å²) in [6.45, 7) is 8.32. The van der Waals surface area contributed by atoms with Gasteiger partial charge in [-0.15, -0.1) is 0 Å². The fourth-order valence-corrected chi connectivity index (χ4v) is 4.10. The van der Waals surface area contributed by atoms with Gasteiger partial charge in [0.25, 0.3) is 0 Å². The third-order valence-corrected chi connectivity index (χ3v) is 5.52. The van der Waals surface area contributed by atoms with Crippen molar-refractivity contribution in [3.8, 4) is 0 Å². The lowest BCUT2D eigenvalue weighted by molar-refractivity contribution is 0.0143. The number of nitrogens with two attached hydrogens (primary N) is 1. The summed E-state index contributed by atoms with van der Waals surface area (Å²) in [7, 11) is 0. The number of hydrogen-bond acceptors (Lipinski definition) is 3. The highest BCUT2D eigenvalue weighted by Gasteiger charge is 2.45. The molecule has 3 fully saturated rings. The van der Waals surface area contributed by atoms with E-state index in [9.17, 15) is 0 Å². The molecule has 0 aromatic carbocycles. The van der Waals surface area contributed by atoms with Gasteiger partial charge in [-0.05, 0) is 31.6 Å². The molecule has 3 aliphatic rings. The van der Waals surface area contributed by atoms with Crippen molar-refractivity contribution >= 4 is 0 Å². The van der Waals surface area contributed by atoms with Gasteiger partial charge in [-0.25, -0.2) is 0 Å². The molecular formula is C14H27N3. The van der Waals surface area contributed by atoms with Crippen LogP contribution in [0.3, 0.4) is 0 Å². The molecule has 0 radical (unpaired) electrons. The van der Waals surface area contributed by atoms with E-state index in [1.165, 1.54) is 58.3 Å². The van der Waals surface area contributed by atoms with Crippen LogP contribution in [0.2, 0.25) is 0 Å². The largest absolute Gasteiger partial charge is 0.329 e. The van der Waals surface area contributed by atoms with Gasteiger partial charge in [-0.1, -0.05) is 13.3 Å². The molecule has 2 saturated carbocycles. The monoisotopic (exact) mass is 237 g/mol. The van der Waals surface area contributed by atoms with E-state index in [4.69, 9.17) is 5.73 Å². The molecule has 1 heterocycles. The molecule has 1 saturated heterocycles. The van der Waals surface area contributed by atoms with Crippen molar-refractivity contribution in [3.63, 3.8) is 0 Å². The van der Waals surface area contributed by atoms with Gasteiger partial charge in [-0.2, -0.15) is 0 Å². The third kappa shape index (κ3) is 2.02. The molecule has 3 heteroatoms. The second-order valence-corrected chi connectivity index (χ2v) is 6.36. The second kappa shape index (κ2) is 4.52. The first-order valence-electron chi connectivity index (χ1n) is 7.45. The zero-order valence-corrected chi connectivity index (χ0v) is 11.2. The molecule has 3 rings (SSSR count). The van der Waals surface area contributed by atoms with Gasteiger partial charge in [0.05, 0.1) is 0 Å². The minimum Gasteiger partial charge on any atom is -0.329 e. The van der Waals surface area contributed by atoms with E-state index in [-0.39, 0.29) is 0 Å². The highest BCUT2D eigenvalue weighted by atomic mass is 15.3. The molecule has 1 aliphatic heterocycles. The zero-order chi connectivity index (χ0) is 11.9. The van der Waals surface area contributed by atoms with E-state index in [1.54, 1.807) is 0 Å². The number of nitrogens with zero attached hydrogens (tertiary/aromatic N) is 2. The van der Waals surface area contributed by atoms with Crippen molar-refractivity contribution in [2.45, 2.75) is 50.6 Å². The summed E-state index contributed by atoms with van der Waals surface area (Å²) >= 11 is 0. The molecular weight excluding hydrogens is 210 g/mol. The van der Waals surface area contributed by atoms with Crippen LogP contribution >= 0.6 is 0 Å². The number of rotatable bonds is 3. The Kier molecular flexibility index (Phi) is 3.18. The molecule has 2 aliphatic carbocycles. The second-order valence-electron chi connectivity index (χ2n) is 6.36. The number of hydrogen-bond donors (Lipinski definition) is 1. The Hall–Kier alpha value is -0.120. The zero-order valence-electron chi connectivity index (χ0n) is 11.2. The lowest BCUT2D eigenvalue weighted by Crippen LogP contribution is -2.61. The maximum absolute atomic E-state index is 6.14. The summed E-state index contributed by atoms with van der Waals surface area (Å²) < 4.78 is 0. The summed E-state index contributed by atoms with van der Waals surface area (Å²) in [5.41, 5.74) is 6.48. The van der Waals surface area contributed by atoms with Gasteiger partial charge in [0, 0.05) is 44.3 Å². The Bertz CT molecular complexity index is 269. The first-order valence-corrected chi connectivity index (χ1v) is 7.45. The predicted octanol–water partition coefficient (Wildman–Crippen LogP) is 1.28. The van der Waals surface area contributed by atoms with Crippen LogP contribution < -0.4 is 5.73 Å². The molecule has 98 valence electrons. The standard InChI is InChI=1S/C14H27N3/c1-12-3-2-6-14(12,11-15)17-9-7-16(8-10-17)13-4-5-13/h12-13H,2-11,15H2,1H3. The first kappa shape index (κ1) is 11.9. The molecule has 0 aromatic rings. The van der Waals surface area contributed by atoms with E-state index in [0.717, 1.165) is 18.5 Å². The van der Waals surface area contributed by atoms with Crippen molar-refractivity contribution in [1.29, 1.82) is 0 Å². The Morgan fingerprint density at radius 3 is 2.29 bits per heavy atom. The summed E-state index contributed by atoms with van der Waals surface area (Å²) in [5.74, 6) is 0.792. The quantitative estimate of drug-likeness (QED) is 0.803. The van der Waals surface area contributed by atoms with Crippen LogP contribution in [0.4, 0.5) is 0 Å². The van der Waals surface area contributed by atoms with Crippen LogP contribution in [0.5, 0.6) is 0 Å². The number of piperazine rings is 1. The summed E-state index contributed by atoms with van der Waals surface area (Å²) in [6.07, 6.45) is 6.96. The summed E-state index contributed by atoms with van der Waals surface area (Å²) in [5, 5.41) is 0. The molecule has 0 spiro atoms. The average Bonchev–Trinajstić information content (AvgIpc) is 3.14. The summed E-state index contributed by atoms with van der Waals surface area (Å²) in [4.78, 5) is 5.42. The van der Waals surface area contributed by atoms with E-state index < -0.39 is 0 Å². The Morgan fingerprint density at radius 2 is 1.82 bits per heavy atom. The fourth-order valence-electron chi connectivity index (χ4n) is 4.10. The van der Waals surface area contributed by atoms with E-state index in [2.05, 4.69) is 16.7 Å². The van der Waals surface area contributed by atoms with Crippen LogP contribution in [0.15, 0.2) is 0 Å². The normalized spacial score (nSPS) is 40.9. The van der Waals surface area contributed by atoms with Crippen LogP contribution in [0.25, 0.3) is 0 Å². The van der Waals surface area contributed by atoms with Gasteiger partial charge in [0.15, 0.2) is 0 Å². The van der Waals surface area contributed by atoms with Crippen LogP contribution in [-0.2, 0) is 0 Å². The van der Waals surface area contributed by atoms with E-state index in [0.29, 0.717) is 5.54 Å². The Balaban J connectivity index is 1.63. The van der Waals surface area contributed by atoms with Gasteiger partial charge >= 0.3 is 0 Å². The van der Waals surface area contributed by atoms with Crippen molar-refractivity contribution in [3.05, 3.63) is 0 Å². The first-order chi connectivity index (χ1) is 8.26. The maximum atomic E-state index is 6.14. The van der Waals surface area contributed by atoms with Crippen molar-refractivity contribution in [2.24, 2.45) is 11.7 Å². The lowest BCUT2D eigenvalue weighted by Gasteiger charge is -2.48. The van der Waals surface area contributed by atoms with Gasteiger partial charge < -0.3 is 5.73 Å². The predicted molar refractivity (Wildman–Crippen MR) is 71.0 cm³/mol. The Morgan fingerprint density at radius 1 is 1.12 bits per heavy atom. The van der Waals surface area contributed by atoms with Crippen LogP contribution in [0.1, 0.15) is 39.0 Å². The minimum absolute atomic E-state index is 0.343. The van der Waals surface area contributed by atoms with Crippen molar-refractivity contribution in [2.75, 3.05) is 32.7 Å². The van der Waals surface area contributed by atoms with Crippen molar-refractivity contribution in [1.82, 2.24) is 9.80 Å². The molecule has 0 aromatic heterocycles. The van der Waals surface area contributed by atoms with Crippen molar-refractivity contribution < 1.29 is 0 Å². The highest BCUT2D eigenvalue weighted by Crippen LogP contribution is 2.40. The van der Waals surface area contributed by atoms with Gasteiger partial charge in [0.1, 0.15) is 0 Å². The fraction of sp³-hybridized carbons (Fsp3) is 1.00. The van der Waals surface area contributed by atoms with Gasteiger partial charge in [0.2, 0.25) is 0 Å². The lowest BCUT2D eigenvalue weighted by atomic mass is 9.86. The molecule has 17 heavy (non-hydrogen) atoms. The third-order valence-electron chi connectivity index (χ3n) is 5.52. The van der Waals surface area contributed by atoms with E-state index >= 15 is 0 Å². The van der Waals surface area contributed by atoms with Gasteiger partial charge in [-0.3, -0.25) is 9.80 Å². The minimum atomic E-state index is 0.343. The van der Waals surface area contributed by atoms with Crippen LogP contribution in [-0.4, -0.2) is 54.1 Å². The van der Waals surface area contributed by atoms with Crippen LogP contribution in [0, 0.1) is 5.92 Å².